The minimum atomic E-state index is -0.501. The first-order valence-corrected chi connectivity index (χ1v) is 6.15. The summed E-state index contributed by atoms with van der Waals surface area (Å²) in [5.41, 5.74) is 7.69. The lowest BCUT2D eigenvalue weighted by Gasteiger charge is -2.09. The maximum atomic E-state index is 11.3. The monoisotopic (exact) mass is 281 g/mol. The van der Waals surface area contributed by atoms with Crippen molar-refractivity contribution in [3.63, 3.8) is 0 Å². The summed E-state index contributed by atoms with van der Waals surface area (Å²) < 4.78 is 1.42. The van der Waals surface area contributed by atoms with Crippen molar-refractivity contribution in [3.8, 4) is 16.8 Å². The van der Waals surface area contributed by atoms with E-state index in [1.54, 1.807) is 49.1 Å². The maximum Gasteiger partial charge on any atom is 0.317 e. The number of hydrogen-bond acceptors (Lipinski definition) is 5. The van der Waals surface area contributed by atoms with Crippen LogP contribution in [-0.2, 0) is 0 Å². The Morgan fingerprint density at radius 3 is 2.67 bits per heavy atom. The Balaban J connectivity index is 2.25. The molecular weight excluding hydrogens is 270 g/mol. The number of nitrogen functional groups attached to an aromatic ring is 1. The number of benzene rings is 1. The van der Waals surface area contributed by atoms with Gasteiger partial charge in [0.15, 0.2) is 0 Å². The van der Waals surface area contributed by atoms with Crippen molar-refractivity contribution >= 4 is 11.4 Å². The summed E-state index contributed by atoms with van der Waals surface area (Å²) >= 11 is 0. The van der Waals surface area contributed by atoms with Crippen LogP contribution in [0.1, 0.15) is 0 Å². The number of anilines is 1. The molecular formula is C14H11N5O2. The van der Waals surface area contributed by atoms with Gasteiger partial charge >= 0.3 is 5.69 Å². The molecule has 0 fully saturated rings. The smallest absolute Gasteiger partial charge is 0.317 e. The predicted octanol–water partition coefficient (Wildman–Crippen LogP) is 2.42. The Morgan fingerprint density at radius 1 is 1.19 bits per heavy atom. The molecule has 0 aliphatic rings. The van der Waals surface area contributed by atoms with E-state index in [4.69, 9.17) is 5.73 Å². The molecule has 0 bridgehead atoms. The van der Waals surface area contributed by atoms with Gasteiger partial charge in [-0.25, -0.2) is 4.68 Å². The second kappa shape index (κ2) is 5.04. The molecule has 2 aromatic heterocycles. The molecule has 1 aromatic carbocycles. The molecule has 3 rings (SSSR count). The number of hydrogen-bond donors (Lipinski definition) is 1. The van der Waals surface area contributed by atoms with Crippen LogP contribution in [0.25, 0.3) is 16.8 Å². The van der Waals surface area contributed by atoms with Crippen LogP contribution in [0.5, 0.6) is 0 Å². The van der Waals surface area contributed by atoms with Crippen LogP contribution in [0.3, 0.4) is 0 Å². The van der Waals surface area contributed by atoms with Crippen molar-refractivity contribution in [2.24, 2.45) is 0 Å². The second-order valence-corrected chi connectivity index (χ2v) is 4.38. The zero-order valence-electron chi connectivity index (χ0n) is 10.9. The van der Waals surface area contributed by atoms with Crippen molar-refractivity contribution in [2.75, 3.05) is 5.73 Å². The molecule has 0 saturated heterocycles. The summed E-state index contributed by atoms with van der Waals surface area (Å²) in [6.07, 6.45) is 6.52. The number of aromatic nitrogens is 3. The van der Waals surface area contributed by atoms with Crippen molar-refractivity contribution in [1.82, 2.24) is 14.8 Å². The molecule has 0 atom stereocenters. The van der Waals surface area contributed by atoms with Gasteiger partial charge in [0, 0.05) is 30.4 Å². The van der Waals surface area contributed by atoms with Gasteiger partial charge in [-0.2, -0.15) is 5.10 Å². The molecule has 0 aliphatic heterocycles. The van der Waals surface area contributed by atoms with E-state index in [2.05, 4.69) is 10.1 Å². The maximum absolute atomic E-state index is 11.3. The van der Waals surface area contributed by atoms with Crippen molar-refractivity contribution in [1.29, 1.82) is 0 Å². The Bertz CT molecular complexity index is 785. The van der Waals surface area contributed by atoms with Crippen LogP contribution < -0.4 is 5.73 Å². The average Bonchev–Trinajstić information content (AvgIpc) is 3.01. The van der Waals surface area contributed by atoms with Crippen molar-refractivity contribution in [3.05, 3.63) is 65.2 Å². The van der Waals surface area contributed by atoms with Crippen LogP contribution in [0.4, 0.5) is 11.4 Å². The third-order valence-electron chi connectivity index (χ3n) is 3.05. The van der Waals surface area contributed by atoms with E-state index in [1.165, 1.54) is 4.68 Å². The third-order valence-corrected chi connectivity index (χ3v) is 3.05. The topological polar surface area (TPSA) is 99.9 Å². The van der Waals surface area contributed by atoms with E-state index in [0.29, 0.717) is 5.69 Å². The SMILES string of the molecule is Nc1cc(-c2cccnc2)cc(-n2cccn2)c1[N+](=O)[O-]. The first kappa shape index (κ1) is 12.8. The molecule has 7 nitrogen and oxygen atoms in total. The number of rotatable bonds is 3. The Labute approximate surface area is 119 Å². The van der Waals surface area contributed by atoms with Crippen molar-refractivity contribution < 1.29 is 4.92 Å². The lowest BCUT2D eigenvalue weighted by molar-refractivity contribution is -0.383. The molecule has 21 heavy (non-hydrogen) atoms. The molecule has 2 heterocycles. The highest BCUT2D eigenvalue weighted by molar-refractivity contribution is 5.78. The molecule has 3 aromatic rings. The normalized spacial score (nSPS) is 10.5. The quantitative estimate of drug-likeness (QED) is 0.451. The summed E-state index contributed by atoms with van der Waals surface area (Å²) in [6, 6.07) is 8.60. The summed E-state index contributed by atoms with van der Waals surface area (Å²) in [5, 5.41) is 15.3. The highest BCUT2D eigenvalue weighted by Crippen LogP contribution is 2.34. The summed E-state index contributed by atoms with van der Waals surface area (Å²) in [5.74, 6) is 0. The first-order chi connectivity index (χ1) is 10.2. The lowest BCUT2D eigenvalue weighted by atomic mass is 10.0. The van der Waals surface area contributed by atoms with E-state index in [0.717, 1.165) is 11.1 Å². The Kier molecular flexibility index (Phi) is 3.07. The highest BCUT2D eigenvalue weighted by atomic mass is 16.6. The summed E-state index contributed by atoms with van der Waals surface area (Å²) in [6.45, 7) is 0. The van der Waals surface area contributed by atoms with Crippen LogP contribution in [0.2, 0.25) is 0 Å². The van der Waals surface area contributed by atoms with Crippen molar-refractivity contribution in [2.45, 2.75) is 0 Å². The molecule has 0 unspecified atom stereocenters. The fourth-order valence-electron chi connectivity index (χ4n) is 2.13. The van der Waals surface area contributed by atoms with Crippen LogP contribution in [0.15, 0.2) is 55.1 Å². The molecule has 0 amide bonds. The number of nitro benzene ring substituents is 1. The van der Waals surface area contributed by atoms with Crippen LogP contribution >= 0.6 is 0 Å². The van der Waals surface area contributed by atoms with E-state index in [9.17, 15) is 10.1 Å². The lowest BCUT2D eigenvalue weighted by Crippen LogP contribution is -2.04. The summed E-state index contributed by atoms with van der Waals surface area (Å²) in [7, 11) is 0. The van der Waals surface area contributed by atoms with E-state index in [1.807, 2.05) is 6.07 Å². The molecule has 0 radical (unpaired) electrons. The minimum Gasteiger partial charge on any atom is -0.393 e. The molecule has 0 aliphatic carbocycles. The standard InChI is InChI=1S/C14H11N5O2/c15-12-7-11(10-3-1-4-16-9-10)8-13(14(12)19(20)21)18-6-2-5-17-18/h1-9H,15H2. The fourth-order valence-corrected chi connectivity index (χ4v) is 2.13. The zero-order chi connectivity index (χ0) is 14.8. The van der Waals surface area contributed by atoms with Gasteiger partial charge in [0.1, 0.15) is 11.4 Å². The molecule has 7 heteroatoms. The van der Waals surface area contributed by atoms with Gasteiger partial charge in [-0.05, 0) is 29.8 Å². The Hall–Kier alpha value is -3.22. The van der Waals surface area contributed by atoms with E-state index >= 15 is 0 Å². The highest BCUT2D eigenvalue weighted by Gasteiger charge is 2.21. The van der Waals surface area contributed by atoms with Gasteiger partial charge in [0.05, 0.1) is 4.92 Å². The predicted molar refractivity (Wildman–Crippen MR) is 77.9 cm³/mol. The van der Waals surface area contributed by atoms with Gasteiger partial charge < -0.3 is 5.73 Å². The summed E-state index contributed by atoms with van der Waals surface area (Å²) in [4.78, 5) is 14.8. The molecule has 0 saturated carbocycles. The minimum absolute atomic E-state index is 0.0897. The van der Waals surface area contributed by atoms with E-state index in [-0.39, 0.29) is 11.4 Å². The number of nitro groups is 1. The fraction of sp³-hybridized carbons (Fsp3) is 0. The number of nitrogens with zero attached hydrogens (tertiary/aromatic N) is 4. The largest absolute Gasteiger partial charge is 0.393 e. The van der Waals surface area contributed by atoms with Crippen LogP contribution in [0, 0.1) is 10.1 Å². The second-order valence-electron chi connectivity index (χ2n) is 4.38. The molecule has 104 valence electrons. The average molecular weight is 281 g/mol. The molecule has 2 N–H and O–H groups in total. The van der Waals surface area contributed by atoms with Gasteiger partial charge in [-0.15, -0.1) is 0 Å². The van der Waals surface area contributed by atoms with Gasteiger partial charge in [0.2, 0.25) is 0 Å². The molecule has 0 spiro atoms. The third kappa shape index (κ3) is 2.32. The van der Waals surface area contributed by atoms with Gasteiger partial charge in [-0.1, -0.05) is 6.07 Å². The van der Waals surface area contributed by atoms with E-state index < -0.39 is 4.92 Å². The number of nitrogens with two attached hydrogens (primary N) is 1. The number of pyridine rings is 1. The Morgan fingerprint density at radius 2 is 2.05 bits per heavy atom. The van der Waals surface area contributed by atoms with Crippen LogP contribution in [-0.4, -0.2) is 19.7 Å². The van der Waals surface area contributed by atoms with Gasteiger partial charge in [-0.3, -0.25) is 15.1 Å². The first-order valence-electron chi connectivity index (χ1n) is 6.15. The van der Waals surface area contributed by atoms with Gasteiger partial charge in [0.25, 0.3) is 0 Å². The zero-order valence-corrected chi connectivity index (χ0v) is 10.9.